The van der Waals surface area contributed by atoms with Crippen molar-refractivity contribution in [1.82, 2.24) is 14.9 Å². The van der Waals surface area contributed by atoms with Crippen LogP contribution in [0.5, 0.6) is 0 Å². The summed E-state index contributed by atoms with van der Waals surface area (Å²) in [5, 5.41) is 21.6. The lowest BCUT2D eigenvalue weighted by Crippen LogP contribution is -2.63. The van der Waals surface area contributed by atoms with Gasteiger partial charge in [0.2, 0.25) is 5.91 Å². The van der Waals surface area contributed by atoms with Crippen molar-refractivity contribution < 1.29 is 19.8 Å². The molecule has 4 rings (SSSR count). The Morgan fingerprint density at radius 3 is 2.72 bits per heavy atom. The molecular formula is C20H21N3O4S2. The first-order chi connectivity index (χ1) is 13.9. The molecule has 0 spiro atoms. The van der Waals surface area contributed by atoms with Gasteiger partial charge in [0.1, 0.15) is 5.70 Å². The molecule has 4 heterocycles. The summed E-state index contributed by atoms with van der Waals surface area (Å²) < 4.78 is 0.763. The van der Waals surface area contributed by atoms with E-state index in [0.717, 1.165) is 22.9 Å². The van der Waals surface area contributed by atoms with Gasteiger partial charge in [0, 0.05) is 28.6 Å². The van der Waals surface area contributed by atoms with Gasteiger partial charge in [-0.05, 0) is 37.5 Å². The summed E-state index contributed by atoms with van der Waals surface area (Å²) in [7, 11) is 0. The minimum Gasteiger partial charge on any atom is -0.477 e. The number of pyridine rings is 1. The van der Waals surface area contributed by atoms with Crippen molar-refractivity contribution in [2.24, 2.45) is 11.8 Å². The maximum Gasteiger partial charge on any atom is 0.353 e. The van der Waals surface area contributed by atoms with E-state index in [1.165, 1.54) is 33.6 Å². The zero-order valence-electron chi connectivity index (χ0n) is 16.0. The normalized spacial score (nSPS) is 24.4. The molecule has 0 saturated carbocycles. The highest BCUT2D eigenvalue weighted by molar-refractivity contribution is 8.04. The van der Waals surface area contributed by atoms with Crippen LogP contribution in [-0.2, 0) is 22.4 Å². The van der Waals surface area contributed by atoms with Gasteiger partial charge in [-0.25, -0.2) is 9.78 Å². The van der Waals surface area contributed by atoms with Crippen molar-refractivity contribution in [1.29, 1.82) is 0 Å². The van der Waals surface area contributed by atoms with E-state index in [1.807, 2.05) is 24.4 Å². The van der Waals surface area contributed by atoms with Gasteiger partial charge in [-0.1, -0.05) is 18.7 Å². The van der Waals surface area contributed by atoms with E-state index < -0.39 is 18.0 Å². The number of carbonyl (C=O) groups is 2. The van der Waals surface area contributed by atoms with Crippen LogP contribution in [0.25, 0.3) is 0 Å². The molecule has 4 atom stereocenters. The number of aliphatic hydroxyl groups is 1. The van der Waals surface area contributed by atoms with E-state index in [-0.39, 0.29) is 23.6 Å². The van der Waals surface area contributed by atoms with Crippen molar-refractivity contribution in [2.45, 2.75) is 43.2 Å². The molecule has 9 heteroatoms. The number of thiazole rings is 1. The van der Waals surface area contributed by atoms with Gasteiger partial charge in [-0.3, -0.25) is 9.78 Å². The zero-order valence-corrected chi connectivity index (χ0v) is 17.6. The van der Waals surface area contributed by atoms with Crippen LogP contribution in [0, 0.1) is 11.8 Å². The van der Waals surface area contributed by atoms with Gasteiger partial charge in [-0.2, -0.15) is 0 Å². The fraction of sp³-hybridized carbons (Fsp3) is 0.400. The SMILES string of the molecule is C[C@H]1C(Sc2nc(CCc3ccncc3)cs2)=C(C(=O)O)N2C(=O)[C@H]([C@@H](C)O)C12. The standard InChI is InChI=1S/C20H21N3O4S2/c1-10-15-14(11(2)24)18(25)23(15)16(19(26)27)17(10)29-20-22-13(9-28-20)4-3-12-5-7-21-8-6-12/h5-11,14-15,24H,3-4H2,1-2H3,(H,26,27)/t10-,11-,14-,15?/m1/s1. The smallest absolute Gasteiger partial charge is 0.353 e. The number of carboxylic acid groups (broad SMARTS) is 1. The third kappa shape index (κ3) is 3.58. The maximum atomic E-state index is 12.4. The van der Waals surface area contributed by atoms with Crippen molar-refractivity contribution in [2.75, 3.05) is 0 Å². The molecule has 2 N–H and O–H groups in total. The van der Waals surface area contributed by atoms with E-state index in [0.29, 0.717) is 4.91 Å². The molecule has 1 fully saturated rings. The average molecular weight is 432 g/mol. The first-order valence-electron chi connectivity index (χ1n) is 9.38. The Hall–Kier alpha value is -2.23. The van der Waals surface area contributed by atoms with E-state index in [1.54, 1.807) is 19.3 Å². The maximum absolute atomic E-state index is 12.4. The largest absolute Gasteiger partial charge is 0.477 e. The van der Waals surface area contributed by atoms with Crippen molar-refractivity contribution >= 4 is 35.0 Å². The van der Waals surface area contributed by atoms with Gasteiger partial charge < -0.3 is 15.1 Å². The lowest BCUT2D eigenvalue weighted by atomic mass is 9.79. The number of carboxylic acids is 1. The number of carbonyl (C=O) groups excluding carboxylic acids is 1. The number of amides is 1. The molecule has 2 aliphatic heterocycles. The Balaban J connectivity index is 1.51. The number of nitrogens with zero attached hydrogens (tertiary/aromatic N) is 3. The molecular weight excluding hydrogens is 410 g/mol. The number of aliphatic hydroxyl groups excluding tert-OH is 1. The fourth-order valence-electron chi connectivity index (χ4n) is 4.02. The second kappa shape index (κ2) is 7.89. The summed E-state index contributed by atoms with van der Waals surface area (Å²) in [5.41, 5.74) is 2.18. The van der Waals surface area contributed by atoms with Crippen molar-refractivity contribution in [3.05, 3.63) is 51.8 Å². The number of aliphatic carboxylic acids is 1. The van der Waals surface area contributed by atoms with Gasteiger partial charge in [-0.15, -0.1) is 11.3 Å². The van der Waals surface area contributed by atoms with Crippen molar-refractivity contribution in [3.8, 4) is 0 Å². The first-order valence-corrected chi connectivity index (χ1v) is 11.1. The minimum atomic E-state index is -1.12. The molecule has 7 nitrogen and oxygen atoms in total. The molecule has 2 aromatic heterocycles. The van der Waals surface area contributed by atoms with Gasteiger partial charge in [0.25, 0.3) is 0 Å². The Morgan fingerprint density at radius 1 is 1.34 bits per heavy atom. The summed E-state index contributed by atoms with van der Waals surface area (Å²) in [5.74, 6) is -2.15. The Morgan fingerprint density at radius 2 is 2.07 bits per heavy atom. The van der Waals surface area contributed by atoms with Crippen LogP contribution in [0.15, 0.2) is 44.8 Å². The Labute approximate surface area is 176 Å². The van der Waals surface area contributed by atoms with Crippen LogP contribution in [0.4, 0.5) is 0 Å². The number of aromatic nitrogens is 2. The predicted octanol–water partition coefficient (Wildman–Crippen LogP) is 2.57. The highest BCUT2D eigenvalue weighted by Gasteiger charge is 2.60. The summed E-state index contributed by atoms with van der Waals surface area (Å²) in [6, 6.07) is 3.65. The molecule has 1 saturated heterocycles. The molecule has 152 valence electrons. The summed E-state index contributed by atoms with van der Waals surface area (Å²) in [6.45, 7) is 3.49. The van der Waals surface area contributed by atoms with E-state index in [9.17, 15) is 19.8 Å². The van der Waals surface area contributed by atoms with Crippen LogP contribution in [0.3, 0.4) is 0 Å². The minimum absolute atomic E-state index is 0.0305. The molecule has 29 heavy (non-hydrogen) atoms. The van der Waals surface area contributed by atoms with Crippen LogP contribution in [0.1, 0.15) is 25.1 Å². The molecule has 1 unspecified atom stereocenters. The molecule has 0 aromatic carbocycles. The molecule has 0 radical (unpaired) electrons. The fourth-order valence-corrected chi connectivity index (χ4v) is 6.17. The topological polar surface area (TPSA) is 104 Å². The number of hydrogen-bond acceptors (Lipinski definition) is 7. The average Bonchev–Trinajstić information content (AvgIpc) is 3.22. The van der Waals surface area contributed by atoms with Crippen molar-refractivity contribution in [3.63, 3.8) is 0 Å². The quantitative estimate of drug-likeness (QED) is 0.650. The monoisotopic (exact) mass is 431 g/mol. The highest BCUT2D eigenvalue weighted by Crippen LogP contribution is 2.52. The predicted molar refractivity (Wildman–Crippen MR) is 109 cm³/mol. The number of thioether (sulfide) groups is 1. The number of fused-ring (bicyclic) bond motifs is 1. The van der Waals surface area contributed by atoms with E-state index in [4.69, 9.17) is 0 Å². The van der Waals surface area contributed by atoms with Crippen LogP contribution < -0.4 is 0 Å². The third-order valence-electron chi connectivity index (χ3n) is 5.46. The summed E-state index contributed by atoms with van der Waals surface area (Å²) in [6.07, 6.45) is 4.38. The lowest BCUT2D eigenvalue weighted by Gasteiger charge is -2.46. The second-order valence-electron chi connectivity index (χ2n) is 7.33. The Kier molecular flexibility index (Phi) is 5.46. The van der Waals surface area contributed by atoms with Crippen LogP contribution in [-0.4, -0.2) is 49.1 Å². The molecule has 2 aliphatic rings. The van der Waals surface area contributed by atoms with Crippen LogP contribution >= 0.6 is 23.1 Å². The second-order valence-corrected chi connectivity index (χ2v) is 9.48. The number of β-lactam (4-membered cyclic amide) rings is 1. The number of rotatable bonds is 7. The van der Waals surface area contributed by atoms with Gasteiger partial charge in [0.05, 0.1) is 23.8 Å². The number of hydrogen-bond donors (Lipinski definition) is 2. The summed E-state index contributed by atoms with van der Waals surface area (Å²) >= 11 is 2.80. The van der Waals surface area contributed by atoms with E-state index in [2.05, 4.69) is 9.97 Å². The molecule has 2 aromatic rings. The molecule has 1 amide bonds. The Bertz CT molecular complexity index is 973. The van der Waals surface area contributed by atoms with Crippen LogP contribution in [0.2, 0.25) is 0 Å². The zero-order chi connectivity index (χ0) is 20.7. The number of aryl methyl sites for hydroxylation is 2. The third-order valence-corrected chi connectivity index (χ3v) is 7.73. The van der Waals surface area contributed by atoms with Gasteiger partial charge in [0.15, 0.2) is 4.34 Å². The lowest BCUT2D eigenvalue weighted by molar-refractivity contribution is -0.163. The summed E-state index contributed by atoms with van der Waals surface area (Å²) in [4.78, 5) is 34.9. The molecule has 0 aliphatic carbocycles. The van der Waals surface area contributed by atoms with E-state index >= 15 is 0 Å². The van der Waals surface area contributed by atoms with Gasteiger partial charge >= 0.3 is 5.97 Å². The highest BCUT2D eigenvalue weighted by atomic mass is 32.2. The first kappa shape index (κ1) is 20.1. The molecule has 0 bridgehead atoms.